The summed E-state index contributed by atoms with van der Waals surface area (Å²) in [5, 5.41) is 10.7. The Morgan fingerprint density at radius 1 is 1.32 bits per heavy atom. The summed E-state index contributed by atoms with van der Waals surface area (Å²) in [6, 6.07) is 7.59. The minimum Gasteiger partial charge on any atom is -0.477 e. The summed E-state index contributed by atoms with van der Waals surface area (Å²) >= 11 is 5.85. The molecular weight excluding hydrogens is 376 g/mol. The van der Waals surface area contributed by atoms with Crippen molar-refractivity contribution in [3.8, 4) is 5.75 Å². The second-order valence-corrected chi connectivity index (χ2v) is 7.94. The van der Waals surface area contributed by atoms with Gasteiger partial charge in [0.25, 0.3) is 0 Å². The highest BCUT2D eigenvalue weighted by atomic mass is 35.5. The van der Waals surface area contributed by atoms with E-state index in [4.69, 9.17) is 16.3 Å². The SMILES string of the molecule is Cc1cc(OCN(C)C2CCCC[C@@H]2O)c(C=O)cc1Cc1ccc(Cl)nc1. The fourth-order valence-corrected chi connectivity index (χ4v) is 3.87. The molecule has 1 aliphatic rings. The average molecular weight is 403 g/mol. The third-order valence-electron chi connectivity index (χ3n) is 5.46. The van der Waals surface area contributed by atoms with E-state index in [1.165, 1.54) is 0 Å². The number of pyridine rings is 1. The number of carbonyl (C=O) groups excluding carboxylic acids is 1. The molecule has 1 heterocycles. The van der Waals surface area contributed by atoms with Crippen LogP contribution in [0.4, 0.5) is 0 Å². The lowest BCUT2D eigenvalue weighted by molar-refractivity contribution is 0.000780. The van der Waals surface area contributed by atoms with E-state index in [9.17, 15) is 9.90 Å². The number of aromatic nitrogens is 1. The first-order valence-electron chi connectivity index (χ1n) is 9.68. The molecule has 0 saturated heterocycles. The number of nitrogens with zero attached hydrogens (tertiary/aromatic N) is 2. The summed E-state index contributed by atoms with van der Waals surface area (Å²) < 4.78 is 5.95. The van der Waals surface area contributed by atoms with Gasteiger partial charge in [0.15, 0.2) is 6.29 Å². The summed E-state index contributed by atoms with van der Waals surface area (Å²) in [6.45, 7) is 2.34. The van der Waals surface area contributed by atoms with Crippen molar-refractivity contribution in [3.63, 3.8) is 0 Å². The van der Waals surface area contributed by atoms with Crippen LogP contribution >= 0.6 is 11.6 Å². The van der Waals surface area contributed by atoms with Crippen molar-refractivity contribution < 1.29 is 14.6 Å². The van der Waals surface area contributed by atoms with Crippen LogP contribution in [0.1, 0.15) is 52.7 Å². The molecule has 0 amide bonds. The van der Waals surface area contributed by atoms with Gasteiger partial charge in [-0.3, -0.25) is 9.69 Å². The highest BCUT2D eigenvalue weighted by Gasteiger charge is 2.26. The van der Waals surface area contributed by atoms with Gasteiger partial charge in [-0.2, -0.15) is 0 Å². The number of ether oxygens (including phenoxy) is 1. The highest BCUT2D eigenvalue weighted by Crippen LogP contribution is 2.26. The molecule has 1 saturated carbocycles. The second kappa shape index (κ2) is 9.50. The Labute approximate surface area is 171 Å². The average Bonchev–Trinajstić information content (AvgIpc) is 2.69. The smallest absolute Gasteiger partial charge is 0.153 e. The second-order valence-electron chi connectivity index (χ2n) is 7.55. The zero-order valence-electron chi connectivity index (χ0n) is 16.4. The molecule has 150 valence electrons. The molecule has 28 heavy (non-hydrogen) atoms. The molecule has 0 spiro atoms. The van der Waals surface area contributed by atoms with Gasteiger partial charge < -0.3 is 9.84 Å². The van der Waals surface area contributed by atoms with Gasteiger partial charge >= 0.3 is 0 Å². The molecule has 2 aromatic rings. The molecule has 5 nitrogen and oxygen atoms in total. The largest absolute Gasteiger partial charge is 0.477 e. The van der Waals surface area contributed by atoms with Crippen LogP contribution in [-0.2, 0) is 6.42 Å². The van der Waals surface area contributed by atoms with E-state index >= 15 is 0 Å². The Morgan fingerprint density at radius 2 is 2.11 bits per heavy atom. The monoisotopic (exact) mass is 402 g/mol. The number of likely N-dealkylation sites (N-methyl/N-ethyl adjacent to an activating group) is 1. The van der Waals surface area contributed by atoms with E-state index in [0.29, 0.717) is 29.6 Å². The summed E-state index contributed by atoms with van der Waals surface area (Å²) in [4.78, 5) is 17.8. The Balaban J connectivity index is 1.70. The molecule has 1 unspecified atom stereocenters. The summed E-state index contributed by atoms with van der Waals surface area (Å²) in [5.74, 6) is 0.572. The highest BCUT2D eigenvalue weighted by molar-refractivity contribution is 6.29. The van der Waals surface area contributed by atoms with Crippen LogP contribution in [0.3, 0.4) is 0 Å². The molecule has 3 rings (SSSR count). The van der Waals surface area contributed by atoms with Crippen molar-refractivity contribution in [3.05, 3.63) is 57.9 Å². The van der Waals surface area contributed by atoms with Crippen LogP contribution in [-0.4, -0.2) is 47.2 Å². The Bertz CT molecular complexity index is 810. The number of aldehydes is 1. The van der Waals surface area contributed by atoms with Crippen molar-refractivity contribution in [1.29, 1.82) is 0 Å². The third kappa shape index (κ3) is 5.10. The standard InChI is InChI=1S/C22H27ClN2O3/c1-15-9-21(28-14-25(2)19-5-3-4-6-20(19)27)18(13-26)11-17(15)10-16-7-8-22(23)24-12-16/h7-9,11-13,19-20,27H,3-6,10,14H2,1-2H3/t19?,20-/m0/s1. The number of hydrogen-bond acceptors (Lipinski definition) is 5. The first kappa shape index (κ1) is 20.8. The normalized spacial score (nSPS) is 19.6. The molecule has 0 radical (unpaired) electrons. The molecule has 1 aliphatic carbocycles. The van der Waals surface area contributed by atoms with Gasteiger partial charge in [-0.25, -0.2) is 4.98 Å². The Hall–Kier alpha value is -1.95. The van der Waals surface area contributed by atoms with Gasteiger partial charge in [0.05, 0.1) is 11.7 Å². The molecule has 6 heteroatoms. The number of aliphatic hydroxyl groups is 1. The lowest BCUT2D eigenvalue weighted by Gasteiger charge is -2.34. The van der Waals surface area contributed by atoms with Crippen molar-refractivity contribution in [1.82, 2.24) is 9.88 Å². The summed E-state index contributed by atoms with van der Waals surface area (Å²) in [5.41, 5.74) is 3.66. The van der Waals surface area contributed by atoms with Gasteiger partial charge in [-0.15, -0.1) is 0 Å². The molecular formula is C22H27ClN2O3. The van der Waals surface area contributed by atoms with E-state index in [0.717, 1.165) is 48.7 Å². The molecule has 1 fully saturated rings. The van der Waals surface area contributed by atoms with Crippen LogP contribution < -0.4 is 4.74 Å². The van der Waals surface area contributed by atoms with Crippen LogP contribution in [0.25, 0.3) is 0 Å². The number of rotatable bonds is 7. The van der Waals surface area contributed by atoms with Gasteiger partial charge in [0, 0.05) is 12.2 Å². The number of aryl methyl sites for hydroxylation is 1. The fourth-order valence-electron chi connectivity index (χ4n) is 3.76. The van der Waals surface area contributed by atoms with E-state index in [-0.39, 0.29) is 12.1 Å². The summed E-state index contributed by atoms with van der Waals surface area (Å²) in [6.07, 6.45) is 6.93. The molecule has 2 atom stereocenters. The van der Waals surface area contributed by atoms with Crippen molar-refractivity contribution in [2.75, 3.05) is 13.8 Å². The van der Waals surface area contributed by atoms with Gasteiger partial charge in [0.1, 0.15) is 17.6 Å². The molecule has 1 aromatic heterocycles. The molecule has 1 N–H and O–H groups in total. The third-order valence-corrected chi connectivity index (χ3v) is 5.69. The van der Waals surface area contributed by atoms with E-state index in [1.54, 1.807) is 12.3 Å². The lowest BCUT2D eigenvalue weighted by Crippen LogP contribution is -2.44. The van der Waals surface area contributed by atoms with Crippen LogP contribution in [0.15, 0.2) is 30.5 Å². The predicted molar refractivity (Wildman–Crippen MR) is 110 cm³/mol. The number of benzene rings is 1. The molecule has 1 aromatic carbocycles. The topological polar surface area (TPSA) is 62.7 Å². The number of aliphatic hydroxyl groups excluding tert-OH is 1. The number of halogens is 1. The van der Waals surface area contributed by atoms with Crippen LogP contribution in [0.2, 0.25) is 5.15 Å². The first-order chi connectivity index (χ1) is 13.5. The molecule has 0 bridgehead atoms. The van der Waals surface area contributed by atoms with E-state index in [2.05, 4.69) is 4.98 Å². The number of carbonyl (C=O) groups is 1. The maximum absolute atomic E-state index is 11.6. The van der Waals surface area contributed by atoms with E-state index in [1.807, 2.05) is 37.1 Å². The van der Waals surface area contributed by atoms with Gasteiger partial charge in [-0.05, 0) is 68.1 Å². The lowest BCUT2D eigenvalue weighted by atomic mass is 9.92. The van der Waals surface area contributed by atoms with Crippen molar-refractivity contribution in [2.24, 2.45) is 0 Å². The Kier molecular flexibility index (Phi) is 7.05. The minimum atomic E-state index is -0.315. The van der Waals surface area contributed by atoms with E-state index < -0.39 is 0 Å². The Morgan fingerprint density at radius 3 is 2.79 bits per heavy atom. The summed E-state index contributed by atoms with van der Waals surface area (Å²) in [7, 11) is 1.95. The van der Waals surface area contributed by atoms with Crippen LogP contribution in [0, 0.1) is 6.92 Å². The van der Waals surface area contributed by atoms with Crippen LogP contribution in [0.5, 0.6) is 5.75 Å². The fraction of sp³-hybridized carbons (Fsp3) is 0.455. The molecule has 0 aliphatic heterocycles. The predicted octanol–water partition coefficient (Wildman–Crippen LogP) is 4.02. The first-order valence-corrected chi connectivity index (χ1v) is 10.1. The zero-order chi connectivity index (χ0) is 20.1. The maximum Gasteiger partial charge on any atom is 0.153 e. The van der Waals surface area contributed by atoms with Crippen molar-refractivity contribution in [2.45, 2.75) is 51.2 Å². The maximum atomic E-state index is 11.6. The van der Waals surface area contributed by atoms with Crippen molar-refractivity contribution >= 4 is 17.9 Å². The number of hydrogen-bond donors (Lipinski definition) is 1. The van der Waals surface area contributed by atoms with Gasteiger partial charge in [0.2, 0.25) is 0 Å². The minimum absolute atomic E-state index is 0.103. The van der Waals surface area contributed by atoms with Gasteiger partial charge in [-0.1, -0.05) is 30.5 Å². The zero-order valence-corrected chi connectivity index (χ0v) is 17.2. The quantitative estimate of drug-likeness (QED) is 0.430.